The number of thioether (sulfide) groups is 1. The molecule has 2 heterocycles. The minimum atomic E-state index is -0.0344. The van der Waals surface area contributed by atoms with Crippen molar-refractivity contribution in [2.75, 3.05) is 5.75 Å². The van der Waals surface area contributed by atoms with Gasteiger partial charge in [-0.1, -0.05) is 13.8 Å². The lowest BCUT2D eigenvalue weighted by Crippen LogP contribution is -2.37. The largest absolute Gasteiger partial charge is 0.353 e. The van der Waals surface area contributed by atoms with E-state index in [4.69, 9.17) is 0 Å². The van der Waals surface area contributed by atoms with Crippen molar-refractivity contribution in [1.82, 2.24) is 15.3 Å². The lowest BCUT2D eigenvalue weighted by molar-refractivity contribution is -0.119. The summed E-state index contributed by atoms with van der Waals surface area (Å²) >= 11 is 3.12. The number of aryl methyl sites for hydroxylation is 2. The summed E-state index contributed by atoms with van der Waals surface area (Å²) in [5, 5.41) is 3.76. The van der Waals surface area contributed by atoms with Gasteiger partial charge in [0.15, 0.2) is 0 Å². The van der Waals surface area contributed by atoms with Gasteiger partial charge in [0.2, 0.25) is 5.91 Å². The molecule has 2 aromatic rings. The highest BCUT2D eigenvalue weighted by Crippen LogP contribution is 2.34. The number of thiophene rings is 1. The average Bonchev–Trinajstić information content (AvgIpc) is 3.07. The number of aromatic amines is 1. The zero-order chi connectivity index (χ0) is 17.3. The molecule has 1 atom stereocenters. The molecule has 0 spiro atoms. The van der Waals surface area contributed by atoms with Crippen LogP contribution in [0.4, 0.5) is 0 Å². The van der Waals surface area contributed by atoms with Gasteiger partial charge in [-0.3, -0.25) is 9.59 Å². The number of nitrogens with zero attached hydrogens (tertiary/aromatic N) is 1. The Balaban J connectivity index is 1.62. The van der Waals surface area contributed by atoms with Crippen LogP contribution in [0.5, 0.6) is 0 Å². The highest BCUT2D eigenvalue weighted by Gasteiger charge is 2.21. The van der Waals surface area contributed by atoms with Crippen LogP contribution in [0.1, 0.15) is 43.5 Å². The van der Waals surface area contributed by atoms with E-state index in [-0.39, 0.29) is 17.5 Å². The molecule has 0 aromatic carbocycles. The first-order chi connectivity index (χ1) is 11.5. The molecule has 24 heavy (non-hydrogen) atoms. The first kappa shape index (κ1) is 17.5. The van der Waals surface area contributed by atoms with Gasteiger partial charge >= 0.3 is 0 Å². The normalized spacial score (nSPS) is 15.0. The Morgan fingerprint density at radius 1 is 1.38 bits per heavy atom. The minimum Gasteiger partial charge on any atom is -0.353 e. The van der Waals surface area contributed by atoms with E-state index in [0.717, 1.165) is 29.5 Å². The summed E-state index contributed by atoms with van der Waals surface area (Å²) in [4.78, 5) is 33.9. The number of fused-ring (bicyclic) bond motifs is 3. The fraction of sp³-hybridized carbons (Fsp3) is 0.588. The fourth-order valence-electron chi connectivity index (χ4n) is 2.82. The van der Waals surface area contributed by atoms with Gasteiger partial charge in [0.25, 0.3) is 5.56 Å². The van der Waals surface area contributed by atoms with E-state index >= 15 is 0 Å². The van der Waals surface area contributed by atoms with E-state index in [1.807, 2.05) is 6.92 Å². The Labute approximate surface area is 149 Å². The molecule has 2 N–H and O–H groups in total. The number of hydrogen-bond donors (Lipinski definition) is 2. The van der Waals surface area contributed by atoms with Crippen molar-refractivity contribution in [2.24, 2.45) is 5.92 Å². The van der Waals surface area contributed by atoms with Crippen molar-refractivity contribution in [2.45, 2.75) is 51.8 Å². The highest BCUT2D eigenvalue weighted by atomic mass is 32.2. The molecule has 130 valence electrons. The molecule has 0 bridgehead atoms. The number of nitrogens with one attached hydrogen (secondary N) is 2. The topological polar surface area (TPSA) is 74.8 Å². The van der Waals surface area contributed by atoms with Gasteiger partial charge in [-0.05, 0) is 37.7 Å². The van der Waals surface area contributed by atoms with Crippen LogP contribution < -0.4 is 10.9 Å². The van der Waals surface area contributed by atoms with Crippen LogP contribution in [-0.4, -0.2) is 27.7 Å². The Morgan fingerprint density at radius 3 is 2.92 bits per heavy atom. The standard InChI is InChI=1S/C17H23N3O2S2/c1-9(2)10(3)18-14(21)8-23-7-13-19-16(22)15-11-5-4-6-12(11)24-17(15)20-13/h9-10H,4-8H2,1-3H3,(H,18,21)(H,19,20,22). The molecular weight excluding hydrogens is 342 g/mol. The smallest absolute Gasteiger partial charge is 0.259 e. The second-order valence-corrected chi connectivity index (χ2v) is 8.71. The van der Waals surface area contributed by atoms with Crippen LogP contribution in [0.25, 0.3) is 10.2 Å². The monoisotopic (exact) mass is 365 g/mol. The van der Waals surface area contributed by atoms with Crippen molar-refractivity contribution in [3.63, 3.8) is 0 Å². The van der Waals surface area contributed by atoms with E-state index in [9.17, 15) is 9.59 Å². The number of carbonyl (C=O) groups excluding carboxylic acids is 1. The second kappa shape index (κ2) is 7.27. The van der Waals surface area contributed by atoms with Crippen molar-refractivity contribution < 1.29 is 4.79 Å². The molecule has 0 saturated heterocycles. The van der Waals surface area contributed by atoms with Gasteiger partial charge < -0.3 is 10.3 Å². The molecule has 0 fully saturated rings. The molecule has 5 nitrogen and oxygen atoms in total. The molecule has 7 heteroatoms. The van der Waals surface area contributed by atoms with E-state index in [1.54, 1.807) is 11.3 Å². The van der Waals surface area contributed by atoms with Crippen LogP contribution in [-0.2, 0) is 23.4 Å². The summed E-state index contributed by atoms with van der Waals surface area (Å²) < 4.78 is 0. The highest BCUT2D eigenvalue weighted by molar-refractivity contribution is 7.99. The third-order valence-electron chi connectivity index (χ3n) is 4.48. The molecule has 2 aromatic heterocycles. The van der Waals surface area contributed by atoms with Gasteiger partial charge in [-0.25, -0.2) is 4.98 Å². The van der Waals surface area contributed by atoms with E-state index in [1.165, 1.54) is 22.2 Å². The number of H-pyrrole nitrogens is 1. The predicted octanol–water partition coefficient (Wildman–Crippen LogP) is 2.87. The summed E-state index contributed by atoms with van der Waals surface area (Å²) in [6.07, 6.45) is 3.19. The third kappa shape index (κ3) is 3.67. The summed E-state index contributed by atoms with van der Waals surface area (Å²) in [6, 6.07) is 0.167. The summed E-state index contributed by atoms with van der Waals surface area (Å²) in [6.45, 7) is 6.18. The third-order valence-corrected chi connectivity index (χ3v) is 6.61. The van der Waals surface area contributed by atoms with Crippen LogP contribution in [0, 0.1) is 5.92 Å². The van der Waals surface area contributed by atoms with Crippen LogP contribution in [0.15, 0.2) is 4.79 Å². The van der Waals surface area contributed by atoms with Crippen molar-refractivity contribution in [3.05, 3.63) is 26.6 Å². The summed E-state index contributed by atoms with van der Waals surface area (Å²) in [5.74, 6) is 2.01. The number of aromatic nitrogens is 2. The maximum atomic E-state index is 12.4. The molecule has 1 amide bonds. The summed E-state index contributed by atoms with van der Waals surface area (Å²) in [7, 11) is 0. The maximum absolute atomic E-state index is 12.4. The second-order valence-electron chi connectivity index (χ2n) is 6.64. The van der Waals surface area contributed by atoms with Crippen molar-refractivity contribution in [3.8, 4) is 0 Å². The van der Waals surface area contributed by atoms with Crippen molar-refractivity contribution >= 4 is 39.2 Å². The lowest BCUT2D eigenvalue weighted by Gasteiger charge is -2.17. The zero-order valence-corrected chi connectivity index (χ0v) is 15.9. The molecule has 0 aliphatic heterocycles. The predicted molar refractivity (Wildman–Crippen MR) is 101 cm³/mol. The Kier molecular flexibility index (Phi) is 5.30. The molecular formula is C17H23N3O2S2. The van der Waals surface area contributed by atoms with Crippen LogP contribution in [0.2, 0.25) is 0 Å². The SMILES string of the molecule is CC(C)C(C)NC(=O)CSCc1nc2sc3c(c2c(=O)[nH]1)CCC3. The molecule has 0 saturated carbocycles. The quantitative estimate of drug-likeness (QED) is 0.825. The first-order valence-corrected chi connectivity index (χ1v) is 10.3. The number of hydrogen-bond acceptors (Lipinski definition) is 5. The molecule has 0 radical (unpaired) electrons. The van der Waals surface area contributed by atoms with Gasteiger partial charge in [0.1, 0.15) is 10.7 Å². The van der Waals surface area contributed by atoms with Gasteiger partial charge in [0.05, 0.1) is 16.9 Å². The lowest BCUT2D eigenvalue weighted by atomic mass is 10.1. The van der Waals surface area contributed by atoms with E-state index < -0.39 is 0 Å². The minimum absolute atomic E-state index is 0.0275. The summed E-state index contributed by atoms with van der Waals surface area (Å²) in [5.41, 5.74) is 1.16. The Morgan fingerprint density at radius 2 is 2.17 bits per heavy atom. The van der Waals surface area contributed by atoms with E-state index in [0.29, 0.717) is 23.2 Å². The van der Waals surface area contributed by atoms with Gasteiger partial charge in [0, 0.05) is 10.9 Å². The van der Waals surface area contributed by atoms with Crippen LogP contribution >= 0.6 is 23.1 Å². The Bertz CT molecular complexity index is 810. The molecule has 1 unspecified atom stereocenters. The maximum Gasteiger partial charge on any atom is 0.259 e. The average molecular weight is 366 g/mol. The van der Waals surface area contributed by atoms with E-state index in [2.05, 4.69) is 29.1 Å². The molecule has 3 rings (SSSR count). The van der Waals surface area contributed by atoms with Gasteiger partial charge in [-0.2, -0.15) is 0 Å². The number of amides is 1. The van der Waals surface area contributed by atoms with Crippen LogP contribution in [0.3, 0.4) is 0 Å². The Hall–Kier alpha value is -1.34. The fourth-order valence-corrected chi connectivity index (χ4v) is 4.80. The number of rotatable bonds is 6. The molecule has 1 aliphatic carbocycles. The van der Waals surface area contributed by atoms with Crippen molar-refractivity contribution in [1.29, 1.82) is 0 Å². The van der Waals surface area contributed by atoms with Gasteiger partial charge in [-0.15, -0.1) is 23.1 Å². The zero-order valence-electron chi connectivity index (χ0n) is 14.3. The molecule has 1 aliphatic rings. The number of carbonyl (C=O) groups is 1. The first-order valence-electron chi connectivity index (χ1n) is 8.36.